The number of carbonyl (C=O) groups is 2. The molecule has 1 amide bonds. The van der Waals surface area contributed by atoms with Crippen LogP contribution in [0.25, 0.3) is 0 Å². The average molecular weight is 256 g/mol. The minimum Gasteiger partial charge on any atom is -0.468 e. The Labute approximate surface area is 109 Å². The summed E-state index contributed by atoms with van der Waals surface area (Å²) in [7, 11) is 1.34. The highest BCUT2D eigenvalue weighted by Crippen LogP contribution is 2.43. The van der Waals surface area contributed by atoms with E-state index >= 15 is 0 Å². The van der Waals surface area contributed by atoms with Crippen molar-refractivity contribution >= 4 is 11.9 Å². The Kier molecular flexibility index (Phi) is 5.59. The van der Waals surface area contributed by atoms with Gasteiger partial charge < -0.3 is 15.4 Å². The van der Waals surface area contributed by atoms with Crippen LogP contribution in [0.2, 0.25) is 0 Å². The van der Waals surface area contributed by atoms with Gasteiger partial charge in [0.2, 0.25) is 5.91 Å². The van der Waals surface area contributed by atoms with Gasteiger partial charge in [-0.15, -0.1) is 0 Å². The van der Waals surface area contributed by atoms with Crippen molar-refractivity contribution in [3.05, 3.63) is 0 Å². The highest BCUT2D eigenvalue weighted by Gasteiger charge is 2.38. The molecule has 1 saturated carbocycles. The van der Waals surface area contributed by atoms with Crippen molar-refractivity contribution in [3.8, 4) is 0 Å². The summed E-state index contributed by atoms with van der Waals surface area (Å²) >= 11 is 0. The molecule has 0 spiro atoms. The van der Waals surface area contributed by atoms with E-state index in [2.05, 4.69) is 4.74 Å². The van der Waals surface area contributed by atoms with Gasteiger partial charge in [0, 0.05) is 13.0 Å². The van der Waals surface area contributed by atoms with Crippen molar-refractivity contribution in [2.24, 2.45) is 11.1 Å². The molecule has 0 heterocycles. The molecule has 0 aromatic heterocycles. The maximum Gasteiger partial charge on any atom is 0.325 e. The molecule has 0 saturated heterocycles. The summed E-state index contributed by atoms with van der Waals surface area (Å²) < 4.78 is 4.62. The van der Waals surface area contributed by atoms with E-state index in [4.69, 9.17) is 5.73 Å². The van der Waals surface area contributed by atoms with E-state index in [9.17, 15) is 9.59 Å². The molecular formula is C13H24N2O3. The molecule has 0 aliphatic heterocycles. The molecule has 0 atom stereocenters. The van der Waals surface area contributed by atoms with Crippen LogP contribution in [0.1, 0.15) is 39.0 Å². The van der Waals surface area contributed by atoms with E-state index < -0.39 is 0 Å². The van der Waals surface area contributed by atoms with Crippen molar-refractivity contribution < 1.29 is 14.3 Å². The van der Waals surface area contributed by atoms with E-state index in [0.717, 1.165) is 25.7 Å². The van der Waals surface area contributed by atoms with Crippen molar-refractivity contribution in [1.82, 2.24) is 4.90 Å². The quantitative estimate of drug-likeness (QED) is 0.687. The molecule has 5 heteroatoms. The Hall–Kier alpha value is -1.10. The number of amides is 1. The molecular weight excluding hydrogens is 232 g/mol. The average Bonchev–Trinajstić information content (AvgIpc) is 2.32. The van der Waals surface area contributed by atoms with Crippen LogP contribution in [-0.2, 0) is 14.3 Å². The Balaban J connectivity index is 2.55. The van der Waals surface area contributed by atoms with Crippen LogP contribution >= 0.6 is 0 Å². The maximum absolute atomic E-state index is 12.2. The molecule has 5 nitrogen and oxygen atoms in total. The first-order chi connectivity index (χ1) is 8.56. The third-order valence-corrected chi connectivity index (χ3v) is 3.77. The van der Waals surface area contributed by atoms with Gasteiger partial charge in [-0.05, 0) is 31.2 Å². The summed E-state index contributed by atoms with van der Waals surface area (Å²) in [5.74, 6) is -0.348. The van der Waals surface area contributed by atoms with Crippen molar-refractivity contribution in [1.29, 1.82) is 0 Å². The van der Waals surface area contributed by atoms with Crippen LogP contribution in [0.15, 0.2) is 0 Å². The first-order valence-corrected chi connectivity index (χ1v) is 6.61. The molecule has 1 rings (SSSR count). The highest BCUT2D eigenvalue weighted by atomic mass is 16.5. The van der Waals surface area contributed by atoms with Crippen LogP contribution in [0.4, 0.5) is 0 Å². The molecule has 0 aromatic carbocycles. The topological polar surface area (TPSA) is 72.6 Å². The summed E-state index contributed by atoms with van der Waals surface area (Å²) in [4.78, 5) is 25.1. The smallest absolute Gasteiger partial charge is 0.325 e. The van der Waals surface area contributed by atoms with Gasteiger partial charge in [-0.1, -0.05) is 13.3 Å². The van der Waals surface area contributed by atoms with Crippen LogP contribution in [0, 0.1) is 5.41 Å². The van der Waals surface area contributed by atoms with Gasteiger partial charge in [0.15, 0.2) is 0 Å². The zero-order chi connectivity index (χ0) is 13.6. The highest BCUT2D eigenvalue weighted by molar-refractivity contribution is 5.82. The zero-order valence-corrected chi connectivity index (χ0v) is 11.4. The summed E-state index contributed by atoms with van der Waals surface area (Å²) in [5.41, 5.74) is 5.74. The normalized spacial score (nSPS) is 16.8. The standard InChI is InChI=1S/C13H24N2O3/c1-3-7-15(9-12(17)18-2)11(16)8-13(10-14)5-4-6-13/h3-10,14H2,1-2H3. The van der Waals surface area contributed by atoms with Gasteiger partial charge in [-0.2, -0.15) is 0 Å². The molecule has 0 unspecified atom stereocenters. The van der Waals surface area contributed by atoms with Crippen molar-refractivity contribution in [3.63, 3.8) is 0 Å². The van der Waals surface area contributed by atoms with E-state index in [1.165, 1.54) is 7.11 Å². The van der Waals surface area contributed by atoms with Crippen LogP contribution in [0.3, 0.4) is 0 Å². The second kappa shape index (κ2) is 6.73. The summed E-state index contributed by atoms with van der Waals surface area (Å²) in [6, 6.07) is 0. The number of hydrogen-bond acceptors (Lipinski definition) is 4. The lowest BCUT2D eigenvalue weighted by molar-refractivity contribution is -0.148. The summed E-state index contributed by atoms with van der Waals surface area (Å²) in [6.07, 6.45) is 4.48. The second-order valence-electron chi connectivity index (χ2n) is 5.13. The maximum atomic E-state index is 12.2. The number of ether oxygens (including phenoxy) is 1. The summed E-state index contributed by atoms with van der Waals surface area (Å²) in [5, 5.41) is 0. The summed E-state index contributed by atoms with van der Waals surface area (Å²) in [6.45, 7) is 3.18. The monoisotopic (exact) mass is 256 g/mol. The number of carbonyl (C=O) groups excluding carboxylic acids is 2. The molecule has 0 bridgehead atoms. The van der Waals surface area contributed by atoms with Crippen LogP contribution in [0.5, 0.6) is 0 Å². The van der Waals surface area contributed by atoms with Crippen molar-refractivity contribution in [2.75, 3.05) is 26.7 Å². The molecule has 0 radical (unpaired) electrons. The van der Waals surface area contributed by atoms with E-state index in [1.54, 1.807) is 4.90 Å². The lowest BCUT2D eigenvalue weighted by Crippen LogP contribution is -2.44. The molecule has 1 aliphatic carbocycles. The number of esters is 1. The number of methoxy groups -OCH3 is 1. The molecule has 104 valence electrons. The molecule has 0 aromatic rings. The second-order valence-corrected chi connectivity index (χ2v) is 5.13. The first-order valence-electron chi connectivity index (χ1n) is 6.61. The van der Waals surface area contributed by atoms with Gasteiger partial charge in [-0.25, -0.2) is 0 Å². The third-order valence-electron chi connectivity index (χ3n) is 3.77. The van der Waals surface area contributed by atoms with Gasteiger partial charge in [0.05, 0.1) is 7.11 Å². The lowest BCUT2D eigenvalue weighted by atomic mass is 9.66. The van der Waals surface area contributed by atoms with Gasteiger partial charge >= 0.3 is 5.97 Å². The Morgan fingerprint density at radius 1 is 1.39 bits per heavy atom. The van der Waals surface area contributed by atoms with Gasteiger partial charge in [0.25, 0.3) is 0 Å². The predicted molar refractivity (Wildman–Crippen MR) is 68.8 cm³/mol. The Morgan fingerprint density at radius 2 is 2.06 bits per heavy atom. The van der Waals surface area contributed by atoms with Crippen LogP contribution in [-0.4, -0.2) is 43.5 Å². The fraction of sp³-hybridized carbons (Fsp3) is 0.846. The molecule has 2 N–H and O–H groups in total. The number of hydrogen-bond donors (Lipinski definition) is 1. The first kappa shape index (κ1) is 15.0. The van der Waals surface area contributed by atoms with E-state index in [0.29, 0.717) is 19.5 Å². The van der Waals surface area contributed by atoms with E-state index in [-0.39, 0.29) is 23.8 Å². The fourth-order valence-electron chi connectivity index (χ4n) is 2.34. The Morgan fingerprint density at radius 3 is 2.44 bits per heavy atom. The number of rotatable bonds is 7. The zero-order valence-electron chi connectivity index (χ0n) is 11.4. The van der Waals surface area contributed by atoms with Gasteiger partial charge in [-0.3, -0.25) is 9.59 Å². The van der Waals surface area contributed by atoms with Crippen molar-refractivity contribution in [2.45, 2.75) is 39.0 Å². The third kappa shape index (κ3) is 3.70. The minimum absolute atomic E-state index is 0.0147. The van der Waals surface area contributed by atoms with Crippen LogP contribution < -0.4 is 5.73 Å². The fourth-order valence-corrected chi connectivity index (χ4v) is 2.34. The number of nitrogens with zero attached hydrogens (tertiary/aromatic N) is 1. The predicted octanol–water partition coefficient (Wildman–Crippen LogP) is 0.917. The van der Waals surface area contributed by atoms with E-state index in [1.807, 2.05) is 6.92 Å². The number of nitrogens with two attached hydrogens (primary N) is 1. The lowest BCUT2D eigenvalue weighted by Gasteiger charge is -2.41. The van der Waals surface area contributed by atoms with Gasteiger partial charge in [0.1, 0.15) is 6.54 Å². The molecule has 1 fully saturated rings. The minimum atomic E-state index is -0.368. The molecule has 18 heavy (non-hydrogen) atoms. The SMILES string of the molecule is CCCN(CC(=O)OC)C(=O)CC1(CN)CCC1. The Bertz CT molecular complexity index is 295. The molecule has 1 aliphatic rings. The largest absolute Gasteiger partial charge is 0.468 e.